The predicted octanol–water partition coefficient (Wildman–Crippen LogP) is 4.30. The van der Waals surface area contributed by atoms with Crippen molar-refractivity contribution in [2.75, 3.05) is 6.26 Å². The molecule has 2 aromatic carbocycles. The van der Waals surface area contributed by atoms with Crippen LogP contribution < -0.4 is 4.83 Å². The first-order valence-electron chi connectivity index (χ1n) is 9.59. The number of nitrogens with zero attached hydrogens (tertiary/aromatic N) is 3. The molecule has 1 saturated heterocycles. The van der Waals surface area contributed by atoms with E-state index in [1.165, 1.54) is 44.4 Å². The summed E-state index contributed by atoms with van der Waals surface area (Å²) in [6.45, 7) is -0.0885. The molecule has 4 rings (SSSR count). The van der Waals surface area contributed by atoms with Gasteiger partial charge in [-0.1, -0.05) is 26.9 Å². The Bertz CT molecular complexity index is 1520. The van der Waals surface area contributed by atoms with Gasteiger partial charge in [0.05, 0.1) is 34.8 Å². The van der Waals surface area contributed by atoms with Crippen LogP contribution >= 0.6 is 32.6 Å². The maximum Gasteiger partial charge on any atom is 0.309 e. The molecule has 3 aromatic rings. The maximum absolute atomic E-state index is 15.2. The van der Waals surface area contributed by atoms with Crippen molar-refractivity contribution in [2.24, 2.45) is 0 Å². The van der Waals surface area contributed by atoms with Crippen molar-refractivity contribution in [1.29, 1.82) is 0 Å². The highest BCUT2D eigenvalue weighted by Crippen LogP contribution is 2.39. The topological polar surface area (TPSA) is 101 Å². The van der Waals surface area contributed by atoms with Crippen LogP contribution in [0.5, 0.6) is 0 Å². The SMILES string of the molecule is CS(=O)(=O)NN1C(=O)S/C(=C\c2ccc3c(cnn3Cc3ccc(Cl)cc3C(F)(F)P)c2F)C1=O. The number of thioether (sulfide) groups is 1. The van der Waals surface area contributed by atoms with Gasteiger partial charge in [0.15, 0.2) is 0 Å². The number of halogens is 4. The summed E-state index contributed by atoms with van der Waals surface area (Å²) < 4.78 is 67.4. The molecule has 0 radical (unpaired) electrons. The third-order valence-corrected chi connectivity index (χ3v) is 6.81. The van der Waals surface area contributed by atoms with Gasteiger partial charge >= 0.3 is 5.24 Å². The smallest absolute Gasteiger partial charge is 0.266 e. The van der Waals surface area contributed by atoms with E-state index < -0.39 is 32.7 Å². The number of alkyl halides is 2. The van der Waals surface area contributed by atoms with Crippen molar-refractivity contribution in [2.45, 2.75) is 12.2 Å². The first-order chi connectivity index (χ1) is 16.2. The van der Waals surface area contributed by atoms with E-state index in [4.69, 9.17) is 11.6 Å². The molecule has 1 aromatic heterocycles. The van der Waals surface area contributed by atoms with E-state index in [9.17, 15) is 26.8 Å². The summed E-state index contributed by atoms with van der Waals surface area (Å²) in [5, 5.41) is 3.75. The average molecular weight is 563 g/mol. The van der Waals surface area contributed by atoms with Crippen molar-refractivity contribution in [3.05, 3.63) is 69.0 Å². The molecule has 1 N–H and O–H groups in total. The molecule has 8 nitrogen and oxygen atoms in total. The summed E-state index contributed by atoms with van der Waals surface area (Å²) in [7, 11) is -2.44. The molecule has 0 spiro atoms. The highest BCUT2D eigenvalue weighted by Gasteiger charge is 2.37. The summed E-state index contributed by atoms with van der Waals surface area (Å²) in [5.41, 5.74) is -3.06. The number of aromatic nitrogens is 2. The Labute approximate surface area is 208 Å². The summed E-state index contributed by atoms with van der Waals surface area (Å²) in [6, 6.07) is 6.88. The van der Waals surface area contributed by atoms with Gasteiger partial charge in [0.25, 0.3) is 11.6 Å². The standard InChI is InChI=1S/C20H15ClF3N4O4PS2/c1-35(31,32)26-28-18(29)16(34-19(28)30)6-10-3-5-15-13(17(10)22)8-25-27(15)9-11-2-4-12(21)7-14(11)20(23,24)33/h2-8,26H,9,33H2,1H3/b16-6-. The van der Waals surface area contributed by atoms with Gasteiger partial charge in [-0.25, -0.2) is 12.8 Å². The number of nitrogens with one attached hydrogen (secondary N) is 1. The number of benzene rings is 2. The van der Waals surface area contributed by atoms with Gasteiger partial charge in [-0.3, -0.25) is 14.3 Å². The largest absolute Gasteiger partial charge is 0.309 e. The second-order valence-electron chi connectivity index (χ2n) is 7.51. The molecule has 0 saturated carbocycles. The number of carbonyl (C=O) groups is 2. The number of carbonyl (C=O) groups excluding carboxylic acids is 2. The lowest BCUT2D eigenvalue weighted by Crippen LogP contribution is -2.44. The molecule has 184 valence electrons. The van der Waals surface area contributed by atoms with E-state index in [0.29, 0.717) is 22.3 Å². The first kappa shape index (κ1) is 25.6. The fourth-order valence-corrected chi connectivity index (χ4v) is 5.15. The molecule has 1 fully saturated rings. The van der Waals surface area contributed by atoms with Crippen LogP contribution in [0, 0.1) is 5.82 Å². The van der Waals surface area contributed by atoms with E-state index in [2.05, 4.69) is 5.10 Å². The summed E-state index contributed by atoms with van der Waals surface area (Å²) in [4.78, 5) is 26.0. The van der Waals surface area contributed by atoms with Crippen LogP contribution in [0.1, 0.15) is 16.7 Å². The maximum atomic E-state index is 15.2. The number of rotatable bonds is 6. The number of hydrogen-bond acceptors (Lipinski definition) is 6. The zero-order valence-corrected chi connectivity index (χ0v) is 21.2. The normalized spacial score (nSPS) is 16.2. The van der Waals surface area contributed by atoms with Gasteiger partial charge < -0.3 is 0 Å². The molecule has 0 aliphatic carbocycles. The molecule has 15 heteroatoms. The minimum atomic E-state index is -3.89. The Kier molecular flexibility index (Phi) is 6.75. The number of fused-ring (bicyclic) bond motifs is 1. The number of sulfonamides is 1. The Morgan fingerprint density at radius 1 is 1.26 bits per heavy atom. The molecular weight excluding hydrogens is 548 g/mol. The van der Waals surface area contributed by atoms with Crippen molar-refractivity contribution < 1.29 is 31.2 Å². The highest BCUT2D eigenvalue weighted by atomic mass is 35.5. The average Bonchev–Trinajstić information content (AvgIpc) is 3.26. The van der Waals surface area contributed by atoms with Gasteiger partial charge in [0, 0.05) is 16.1 Å². The predicted molar refractivity (Wildman–Crippen MR) is 130 cm³/mol. The molecule has 0 bridgehead atoms. The van der Waals surface area contributed by atoms with Crippen molar-refractivity contribution in [1.82, 2.24) is 19.6 Å². The number of imide groups is 1. The zero-order valence-electron chi connectivity index (χ0n) is 17.6. The number of hydrazine groups is 1. The van der Waals surface area contributed by atoms with Crippen LogP contribution in [0.3, 0.4) is 0 Å². The third-order valence-electron chi connectivity index (χ3n) is 4.88. The van der Waals surface area contributed by atoms with Gasteiger partial charge in [-0.05, 0) is 47.7 Å². The van der Waals surface area contributed by atoms with Gasteiger partial charge in [-0.2, -0.15) is 18.9 Å². The van der Waals surface area contributed by atoms with E-state index >= 15 is 4.39 Å². The van der Waals surface area contributed by atoms with Crippen LogP contribution in [-0.4, -0.2) is 40.6 Å². The fourth-order valence-electron chi connectivity index (χ4n) is 3.39. The Hall–Kier alpha value is -2.44. The van der Waals surface area contributed by atoms with Crippen LogP contribution in [0.15, 0.2) is 41.4 Å². The molecule has 2 heterocycles. The van der Waals surface area contributed by atoms with Crippen LogP contribution in [0.4, 0.5) is 18.0 Å². The lowest BCUT2D eigenvalue weighted by atomic mass is 10.1. The molecule has 35 heavy (non-hydrogen) atoms. The molecule has 1 aliphatic heterocycles. The van der Waals surface area contributed by atoms with Gasteiger partial charge in [-0.15, -0.1) is 4.83 Å². The first-order valence-corrected chi connectivity index (χ1v) is 13.3. The Morgan fingerprint density at radius 3 is 2.63 bits per heavy atom. The van der Waals surface area contributed by atoms with Gasteiger partial charge in [0.1, 0.15) is 5.82 Å². The zero-order chi connectivity index (χ0) is 25.7. The third kappa shape index (κ3) is 5.39. The van der Waals surface area contributed by atoms with E-state index in [-0.39, 0.29) is 38.5 Å². The molecule has 1 unspecified atom stereocenters. The number of hydrogen-bond donors (Lipinski definition) is 1. The summed E-state index contributed by atoms with van der Waals surface area (Å²) >= 11 is 6.31. The minimum absolute atomic E-state index is 0.0504. The second kappa shape index (κ2) is 9.21. The molecule has 2 amide bonds. The van der Waals surface area contributed by atoms with E-state index in [1.54, 1.807) is 4.83 Å². The monoisotopic (exact) mass is 562 g/mol. The fraction of sp³-hybridized carbons (Fsp3) is 0.150. The summed E-state index contributed by atoms with van der Waals surface area (Å²) in [5.74, 6) is -1.71. The van der Waals surface area contributed by atoms with Crippen LogP contribution in [0.2, 0.25) is 5.02 Å². The summed E-state index contributed by atoms with van der Waals surface area (Å²) in [6.07, 6.45) is 3.11. The van der Waals surface area contributed by atoms with Crippen molar-refractivity contribution in [3.63, 3.8) is 0 Å². The van der Waals surface area contributed by atoms with E-state index in [1.807, 2.05) is 0 Å². The van der Waals surface area contributed by atoms with Crippen LogP contribution in [0.25, 0.3) is 17.0 Å². The lowest BCUT2D eigenvalue weighted by molar-refractivity contribution is -0.123. The quantitative estimate of drug-likeness (QED) is 0.355. The van der Waals surface area contributed by atoms with Crippen molar-refractivity contribution >= 4 is 70.8 Å². The minimum Gasteiger partial charge on any atom is -0.266 e. The molecule has 1 aliphatic rings. The lowest BCUT2D eigenvalue weighted by Gasteiger charge is -2.16. The van der Waals surface area contributed by atoms with Crippen molar-refractivity contribution in [3.8, 4) is 0 Å². The second-order valence-corrected chi connectivity index (χ2v) is 11.4. The number of amides is 2. The highest BCUT2D eigenvalue weighted by molar-refractivity contribution is 8.18. The Balaban J connectivity index is 1.67. The van der Waals surface area contributed by atoms with Crippen LogP contribution in [-0.2, 0) is 27.0 Å². The molecule has 1 atom stereocenters. The van der Waals surface area contributed by atoms with E-state index in [0.717, 1.165) is 18.4 Å². The van der Waals surface area contributed by atoms with Gasteiger partial charge in [0.2, 0.25) is 10.0 Å². The Morgan fingerprint density at radius 2 is 1.97 bits per heavy atom. The molecular formula is C20H15ClF3N4O4PS2.